The van der Waals surface area contributed by atoms with Crippen molar-refractivity contribution in [2.75, 3.05) is 12.4 Å². The van der Waals surface area contributed by atoms with Crippen molar-refractivity contribution in [3.8, 4) is 11.3 Å². The van der Waals surface area contributed by atoms with Crippen LogP contribution in [-0.2, 0) is 0 Å². The highest BCUT2D eigenvalue weighted by Crippen LogP contribution is 2.28. The molecule has 0 spiro atoms. The molecule has 0 aliphatic heterocycles. The maximum absolute atomic E-state index is 13.5. The number of anilines is 1. The lowest BCUT2D eigenvalue weighted by atomic mass is 10.1. The van der Waals surface area contributed by atoms with Gasteiger partial charge in [-0.25, -0.2) is 9.37 Å². The van der Waals surface area contributed by atoms with Crippen LogP contribution in [0.15, 0.2) is 24.4 Å². The van der Waals surface area contributed by atoms with Gasteiger partial charge < -0.3 is 5.32 Å². The summed E-state index contributed by atoms with van der Waals surface area (Å²) in [5, 5.41) is 10.6. The third kappa shape index (κ3) is 2.10. The second-order valence-electron chi connectivity index (χ2n) is 3.94. The molecular formula is C12H9ClFN5. The zero-order chi connectivity index (χ0) is 13.4. The van der Waals surface area contributed by atoms with Gasteiger partial charge in [-0.3, -0.25) is 5.10 Å². The van der Waals surface area contributed by atoms with E-state index in [1.165, 1.54) is 12.1 Å². The van der Waals surface area contributed by atoms with Gasteiger partial charge in [0, 0.05) is 17.6 Å². The molecule has 2 aromatic heterocycles. The van der Waals surface area contributed by atoms with Crippen LogP contribution in [0.25, 0.3) is 22.3 Å². The van der Waals surface area contributed by atoms with E-state index in [1.54, 1.807) is 19.3 Å². The van der Waals surface area contributed by atoms with Crippen molar-refractivity contribution < 1.29 is 4.39 Å². The van der Waals surface area contributed by atoms with Crippen LogP contribution in [-0.4, -0.2) is 27.2 Å². The largest absolute Gasteiger partial charge is 0.357 e. The third-order valence-corrected chi connectivity index (χ3v) is 2.89. The SMILES string of the molecule is CNc1nc(-c2cc(F)cc(Cl)c2)c2cn[nH]c2n1. The summed E-state index contributed by atoms with van der Waals surface area (Å²) in [7, 11) is 1.71. The molecule has 0 fully saturated rings. The average molecular weight is 278 g/mol. The highest BCUT2D eigenvalue weighted by Gasteiger charge is 2.12. The average Bonchev–Trinajstić information content (AvgIpc) is 2.84. The summed E-state index contributed by atoms with van der Waals surface area (Å²) in [4.78, 5) is 8.55. The van der Waals surface area contributed by atoms with Crippen LogP contribution in [0.4, 0.5) is 10.3 Å². The Morgan fingerprint density at radius 3 is 2.84 bits per heavy atom. The van der Waals surface area contributed by atoms with Crippen LogP contribution in [0.2, 0.25) is 5.02 Å². The standard InChI is InChI=1S/C12H9ClFN5/c1-15-12-17-10(9-5-16-19-11(9)18-12)6-2-7(13)4-8(14)3-6/h2-5H,1H3,(H2,15,16,17,18,19). The fourth-order valence-corrected chi connectivity index (χ4v) is 2.08. The highest BCUT2D eigenvalue weighted by atomic mass is 35.5. The van der Waals surface area contributed by atoms with E-state index in [2.05, 4.69) is 25.5 Å². The Labute approximate surface area is 112 Å². The molecule has 1 aromatic carbocycles. The van der Waals surface area contributed by atoms with Gasteiger partial charge in [0.15, 0.2) is 5.65 Å². The molecule has 0 radical (unpaired) electrons. The first-order chi connectivity index (χ1) is 9.17. The molecule has 0 unspecified atom stereocenters. The van der Waals surface area contributed by atoms with Crippen LogP contribution < -0.4 is 5.32 Å². The molecule has 0 saturated carbocycles. The van der Waals surface area contributed by atoms with Crippen LogP contribution in [0.3, 0.4) is 0 Å². The first-order valence-corrected chi connectivity index (χ1v) is 5.90. The van der Waals surface area contributed by atoms with Crippen molar-refractivity contribution in [1.82, 2.24) is 20.2 Å². The maximum atomic E-state index is 13.5. The molecule has 0 bridgehead atoms. The first-order valence-electron chi connectivity index (χ1n) is 5.52. The van der Waals surface area contributed by atoms with E-state index in [-0.39, 0.29) is 0 Å². The molecule has 0 aliphatic rings. The molecule has 3 rings (SSSR count). The van der Waals surface area contributed by atoms with Crippen molar-refractivity contribution in [2.45, 2.75) is 0 Å². The van der Waals surface area contributed by atoms with E-state index in [0.29, 0.717) is 33.3 Å². The number of hydrogen-bond donors (Lipinski definition) is 2. The summed E-state index contributed by atoms with van der Waals surface area (Å²) in [5.41, 5.74) is 1.73. The summed E-state index contributed by atoms with van der Waals surface area (Å²) < 4.78 is 13.5. The highest BCUT2D eigenvalue weighted by molar-refractivity contribution is 6.30. The molecule has 0 amide bonds. The lowest BCUT2D eigenvalue weighted by Gasteiger charge is -2.06. The fraction of sp³-hybridized carbons (Fsp3) is 0.0833. The lowest BCUT2D eigenvalue weighted by Crippen LogP contribution is -1.98. The summed E-state index contributed by atoms with van der Waals surface area (Å²) in [5.74, 6) is 0.0101. The Kier molecular flexibility index (Phi) is 2.79. The van der Waals surface area contributed by atoms with Crippen LogP contribution in [0.1, 0.15) is 0 Å². The van der Waals surface area contributed by atoms with Crippen molar-refractivity contribution >= 4 is 28.6 Å². The number of H-pyrrole nitrogens is 1. The van der Waals surface area contributed by atoms with Gasteiger partial charge in [0.2, 0.25) is 5.95 Å². The van der Waals surface area contributed by atoms with E-state index in [4.69, 9.17) is 11.6 Å². The number of aromatic amines is 1. The molecule has 0 aliphatic carbocycles. The second-order valence-corrected chi connectivity index (χ2v) is 4.37. The van der Waals surface area contributed by atoms with Gasteiger partial charge in [0.25, 0.3) is 0 Å². The monoisotopic (exact) mass is 277 g/mol. The van der Waals surface area contributed by atoms with Gasteiger partial charge in [-0.15, -0.1) is 0 Å². The quantitative estimate of drug-likeness (QED) is 0.756. The third-order valence-electron chi connectivity index (χ3n) is 2.67. The first kappa shape index (κ1) is 11.9. The number of aromatic nitrogens is 4. The predicted molar refractivity (Wildman–Crippen MR) is 71.6 cm³/mol. The predicted octanol–water partition coefficient (Wildman–Crippen LogP) is 2.85. The van der Waals surface area contributed by atoms with E-state index < -0.39 is 5.82 Å². The number of benzene rings is 1. The normalized spacial score (nSPS) is 10.9. The summed E-state index contributed by atoms with van der Waals surface area (Å²) in [6.07, 6.45) is 1.60. The molecule has 3 aromatic rings. The summed E-state index contributed by atoms with van der Waals surface area (Å²) in [6.45, 7) is 0. The van der Waals surface area contributed by atoms with Crippen molar-refractivity contribution in [3.63, 3.8) is 0 Å². The molecule has 96 valence electrons. The Bertz CT molecular complexity index is 735. The Balaban J connectivity index is 2.31. The van der Waals surface area contributed by atoms with E-state index >= 15 is 0 Å². The molecule has 2 heterocycles. The second kappa shape index (κ2) is 4.47. The van der Waals surface area contributed by atoms with Crippen molar-refractivity contribution in [2.24, 2.45) is 0 Å². The van der Waals surface area contributed by atoms with Crippen molar-refractivity contribution in [3.05, 3.63) is 35.2 Å². The fourth-order valence-electron chi connectivity index (χ4n) is 1.86. The van der Waals surface area contributed by atoms with Gasteiger partial charge in [0.05, 0.1) is 17.3 Å². The van der Waals surface area contributed by atoms with Crippen LogP contribution >= 0.6 is 11.6 Å². The molecular weight excluding hydrogens is 269 g/mol. The summed E-state index contributed by atoms with van der Waals surface area (Å²) >= 11 is 5.88. The topological polar surface area (TPSA) is 66.5 Å². The van der Waals surface area contributed by atoms with Crippen LogP contribution in [0.5, 0.6) is 0 Å². The molecule has 19 heavy (non-hydrogen) atoms. The Morgan fingerprint density at radius 2 is 2.11 bits per heavy atom. The number of hydrogen-bond acceptors (Lipinski definition) is 4. The minimum absolute atomic E-state index is 0.316. The Morgan fingerprint density at radius 1 is 1.26 bits per heavy atom. The zero-order valence-electron chi connectivity index (χ0n) is 9.91. The number of halogens is 2. The zero-order valence-corrected chi connectivity index (χ0v) is 10.7. The smallest absolute Gasteiger partial charge is 0.225 e. The van der Waals surface area contributed by atoms with E-state index in [1.807, 2.05) is 0 Å². The minimum Gasteiger partial charge on any atom is -0.357 e. The lowest BCUT2D eigenvalue weighted by molar-refractivity contribution is 0.628. The number of rotatable bonds is 2. The number of fused-ring (bicyclic) bond motifs is 1. The van der Waals surface area contributed by atoms with Crippen LogP contribution in [0, 0.1) is 5.82 Å². The summed E-state index contributed by atoms with van der Waals surface area (Å²) in [6, 6.07) is 4.27. The minimum atomic E-state index is -0.413. The van der Waals surface area contributed by atoms with Gasteiger partial charge in [-0.1, -0.05) is 11.6 Å². The van der Waals surface area contributed by atoms with E-state index in [0.717, 1.165) is 0 Å². The molecule has 7 heteroatoms. The Hall–Kier alpha value is -2.21. The van der Waals surface area contributed by atoms with Gasteiger partial charge in [-0.2, -0.15) is 10.1 Å². The molecule has 0 atom stereocenters. The maximum Gasteiger partial charge on any atom is 0.225 e. The van der Waals surface area contributed by atoms with Gasteiger partial charge in [-0.05, 0) is 18.2 Å². The van der Waals surface area contributed by atoms with Gasteiger partial charge >= 0.3 is 0 Å². The molecule has 2 N–H and O–H groups in total. The van der Waals surface area contributed by atoms with Crippen molar-refractivity contribution in [1.29, 1.82) is 0 Å². The number of nitrogens with zero attached hydrogens (tertiary/aromatic N) is 3. The molecule has 5 nitrogen and oxygen atoms in total. The van der Waals surface area contributed by atoms with Gasteiger partial charge in [0.1, 0.15) is 5.82 Å². The number of nitrogens with one attached hydrogen (secondary N) is 2. The van der Waals surface area contributed by atoms with E-state index in [9.17, 15) is 4.39 Å². The molecule has 0 saturated heterocycles.